The molecule has 0 aromatic heterocycles. The first-order chi connectivity index (χ1) is 3.48. The van der Waals surface area contributed by atoms with Gasteiger partial charge in [-0.25, -0.2) is 0 Å². The van der Waals surface area contributed by atoms with Crippen molar-refractivity contribution in [1.82, 2.24) is 0 Å². The van der Waals surface area contributed by atoms with Gasteiger partial charge < -0.3 is 5.11 Å². The second-order valence-electron chi connectivity index (χ2n) is 2.02. The lowest BCUT2D eigenvalue weighted by Gasteiger charge is -2.13. The van der Waals surface area contributed by atoms with Crippen LogP contribution in [0.3, 0.4) is 0 Å². The molecule has 0 aromatic carbocycles. The summed E-state index contributed by atoms with van der Waals surface area (Å²) in [6, 6.07) is 0. The molecule has 0 saturated carbocycles. The third-order valence-electron chi connectivity index (χ3n) is 0.680. The number of hydrogen-bond donors (Lipinski definition) is 1. The van der Waals surface area contributed by atoms with Crippen molar-refractivity contribution in [2.45, 2.75) is 19.4 Å². The first-order valence-electron chi connectivity index (χ1n) is 2.17. The molecule has 0 saturated heterocycles. The van der Waals surface area contributed by atoms with E-state index in [0.717, 1.165) is 5.54 Å². The van der Waals surface area contributed by atoms with E-state index in [0.29, 0.717) is 0 Å². The van der Waals surface area contributed by atoms with Gasteiger partial charge in [-0.3, -0.25) is 0 Å². The molecular weight excluding hydrogens is 147 g/mol. The minimum atomic E-state index is -0.997. The molecule has 0 rings (SSSR count). The Morgan fingerprint density at radius 1 is 1.62 bits per heavy atom. The summed E-state index contributed by atoms with van der Waals surface area (Å²) < 4.78 is 0. The topological polar surface area (TPSA) is 20.2 Å². The number of hydrogen-bond acceptors (Lipinski definition) is 1. The van der Waals surface area contributed by atoms with Gasteiger partial charge in [-0.2, -0.15) is 0 Å². The van der Waals surface area contributed by atoms with Crippen molar-refractivity contribution >= 4 is 23.2 Å². The average Bonchev–Trinajstić information content (AvgIpc) is 1.62. The van der Waals surface area contributed by atoms with Gasteiger partial charge in [-0.15, -0.1) is 0 Å². The van der Waals surface area contributed by atoms with E-state index < -0.39 is 5.60 Å². The van der Waals surface area contributed by atoms with Crippen molar-refractivity contribution in [1.29, 1.82) is 0 Å². The Labute approximate surface area is 58.9 Å². The van der Waals surface area contributed by atoms with Crippen LogP contribution in [0.25, 0.3) is 0 Å². The summed E-state index contributed by atoms with van der Waals surface area (Å²) in [4.78, 5) is 0. The van der Waals surface area contributed by atoms with Crippen molar-refractivity contribution in [3.63, 3.8) is 0 Å². The Morgan fingerprint density at radius 2 is 2.00 bits per heavy atom. The smallest absolute Gasteiger partial charge is 0.0954 e. The fraction of sp³-hybridized carbons (Fsp3) is 0.600. The van der Waals surface area contributed by atoms with E-state index in [1.54, 1.807) is 13.8 Å². The second-order valence-corrected chi connectivity index (χ2v) is 2.64. The predicted octanol–water partition coefficient (Wildman–Crippen LogP) is 2.08. The molecule has 0 bridgehead atoms. The first-order valence-corrected chi connectivity index (χ1v) is 2.98. The van der Waals surface area contributed by atoms with Crippen LogP contribution in [-0.4, -0.2) is 10.7 Å². The Hall–Kier alpha value is 0.280. The average molecular weight is 155 g/mol. The molecule has 0 amide bonds. The molecule has 0 spiro atoms. The fourth-order valence-corrected chi connectivity index (χ4v) is 0.401. The standard InChI is InChI=1S/C5H8Cl2O/c1-5(2,8)4(7)3-6/h3,8H,1-2H3/b4-3+. The molecule has 0 aliphatic heterocycles. The lowest BCUT2D eigenvalue weighted by Crippen LogP contribution is -2.17. The van der Waals surface area contributed by atoms with Gasteiger partial charge in [0.05, 0.1) is 10.6 Å². The minimum Gasteiger partial charge on any atom is -0.385 e. The van der Waals surface area contributed by atoms with Crippen LogP contribution in [0.5, 0.6) is 0 Å². The molecule has 3 heteroatoms. The normalized spacial score (nSPS) is 14.4. The van der Waals surface area contributed by atoms with Crippen LogP contribution in [-0.2, 0) is 0 Å². The summed E-state index contributed by atoms with van der Waals surface area (Å²) in [5.41, 5.74) is 0.158. The summed E-state index contributed by atoms with van der Waals surface area (Å²) in [6.07, 6.45) is 0. The van der Waals surface area contributed by atoms with Crippen LogP contribution >= 0.6 is 23.2 Å². The van der Waals surface area contributed by atoms with Crippen molar-refractivity contribution in [2.24, 2.45) is 0 Å². The molecule has 0 atom stereocenters. The zero-order valence-electron chi connectivity index (χ0n) is 4.78. The van der Waals surface area contributed by atoms with Crippen molar-refractivity contribution < 1.29 is 5.11 Å². The second kappa shape index (κ2) is 2.72. The van der Waals surface area contributed by atoms with Gasteiger partial charge in [-0.1, -0.05) is 23.2 Å². The SMILES string of the molecule is CC(C)(O)/C(Cl)=C\Cl. The van der Waals surface area contributed by atoms with Gasteiger partial charge in [0, 0.05) is 5.54 Å². The van der Waals surface area contributed by atoms with Gasteiger partial charge in [0.1, 0.15) is 0 Å². The molecular formula is C5H8Cl2O. The maximum atomic E-state index is 9.00. The molecule has 0 unspecified atom stereocenters. The molecule has 0 heterocycles. The van der Waals surface area contributed by atoms with Gasteiger partial charge in [0.2, 0.25) is 0 Å². The number of rotatable bonds is 1. The summed E-state index contributed by atoms with van der Waals surface area (Å²) in [5.74, 6) is 0. The van der Waals surface area contributed by atoms with E-state index in [4.69, 9.17) is 28.3 Å². The lowest BCUT2D eigenvalue weighted by atomic mass is 10.1. The highest BCUT2D eigenvalue weighted by Crippen LogP contribution is 2.19. The Bertz CT molecular complexity index is 101. The largest absolute Gasteiger partial charge is 0.385 e. The lowest BCUT2D eigenvalue weighted by molar-refractivity contribution is 0.128. The van der Waals surface area contributed by atoms with E-state index in [-0.39, 0.29) is 5.03 Å². The van der Waals surface area contributed by atoms with E-state index in [1.807, 2.05) is 0 Å². The molecule has 48 valence electrons. The highest BCUT2D eigenvalue weighted by Gasteiger charge is 2.15. The quantitative estimate of drug-likeness (QED) is 0.614. The number of aliphatic hydroxyl groups is 1. The zero-order valence-corrected chi connectivity index (χ0v) is 6.29. The van der Waals surface area contributed by atoms with E-state index in [9.17, 15) is 0 Å². The van der Waals surface area contributed by atoms with E-state index in [1.165, 1.54) is 0 Å². The molecule has 1 nitrogen and oxygen atoms in total. The molecule has 1 N–H and O–H groups in total. The molecule has 0 aromatic rings. The van der Waals surface area contributed by atoms with Gasteiger partial charge in [-0.05, 0) is 13.8 Å². The highest BCUT2D eigenvalue weighted by atomic mass is 35.5. The maximum absolute atomic E-state index is 9.00. The molecule has 8 heavy (non-hydrogen) atoms. The zero-order chi connectivity index (χ0) is 6.78. The number of halogens is 2. The summed E-state index contributed by atoms with van der Waals surface area (Å²) >= 11 is 10.6. The Balaban J connectivity index is 4.03. The molecule has 0 aliphatic rings. The van der Waals surface area contributed by atoms with Crippen LogP contribution in [0, 0.1) is 0 Å². The maximum Gasteiger partial charge on any atom is 0.0954 e. The van der Waals surface area contributed by atoms with Crippen molar-refractivity contribution in [3.8, 4) is 0 Å². The first kappa shape index (κ1) is 8.28. The Kier molecular flexibility index (Phi) is 2.81. The highest BCUT2D eigenvalue weighted by molar-refractivity contribution is 6.37. The molecule has 0 fully saturated rings. The van der Waals surface area contributed by atoms with Crippen LogP contribution in [0.4, 0.5) is 0 Å². The predicted molar refractivity (Wildman–Crippen MR) is 36.1 cm³/mol. The minimum absolute atomic E-state index is 0.249. The van der Waals surface area contributed by atoms with Gasteiger partial charge >= 0.3 is 0 Å². The van der Waals surface area contributed by atoms with Gasteiger partial charge in [0.15, 0.2) is 0 Å². The van der Waals surface area contributed by atoms with Crippen LogP contribution in [0.15, 0.2) is 10.6 Å². The fourth-order valence-electron chi connectivity index (χ4n) is 0.134. The van der Waals surface area contributed by atoms with Crippen LogP contribution in [0.2, 0.25) is 0 Å². The summed E-state index contributed by atoms with van der Waals surface area (Å²) in [5, 5.41) is 9.25. The molecule has 0 aliphatic carbocycles. The van der Waals surface area contributed by atoms with E-state index >= 15 is 0 Å². The summed E-state index contributed by atoms with van der Waals surface area (Å²) in [6.45, 7) is 3.13. The van der Waals surface area contributed by atoms with Crippen molar-refractivity contribution in [2.75, 3.05) is 0 Å². The van der Waals surface area contributed by atoms with Crippen LogP contribution < -0.4 is 0 Å². The third kappa shape index (κ3) is 2.55. The van der Waals surface area contributed by atoms with E-state index in [2.05, 4.69) is 0 Å². The molecule has 0 radical (unpaired) electrons. The van der Waals surface area contributed by atoms with Crippen molar-refractivity contribution in [3.05, 3.63) is 10.6 Å². The monoisotopic (exact) mass is 154 g/mol. The summed E-state index contributed by atoms with van der Waals surface area (Å²) in [7, 11) is 0. The van der Waals surface area contributed by atoms with Gasteiger partial charge in [0.25, 0.3) is 0 Å². The van der Waals surface area contributed by atoms with Crippen LogP contribution in [0.1, 0.15) is 13.8 Å². The Morgan fingerprint density at radius 3 is 2.00 bits per heavy atom. The third-order valence-corrected chi connectivity index (χ3v) is 1.58.